The first-order chi connectivity index (χ1) is 5.47. The standard InChI is InChI=1S/C8H10N2S/c1-2-4-8-7(3-1)9-5-6-10-11-8/h1-4,9-10H,5-6H2. The predicted molar refractivity (Wildman–Crippen MR) is 48.8 cm³/mol. The highest BCUT2D eigenvalue weighted by Gasteiger charge is 2.04. The van der Waals surface area contributed by atoms with Gasteiger partial charge < -0.3 is 5.32 Å². The molecule has 0 aliphatic carbocycles. The summed E-state index contributed by atoms with van der Waals surface area (Å²) in [7, 11) is 0. The van der Waals surface area contributed by atoms with Crippen molar-refractivity contribution in [3.8, 4) is 0 Å². The van der Waals surface area contributed by atoms with E-state index in [-0.39, 0.29) is 0 Å². The van der Waals surface area contributed by atoms with Crippen molar-refractivity contribution >= 4 is 17.6 Å². The highest BCUT2D eigenvalue weighted by Crippen LogP contribution is 2.25. The predicted octanol–water partition coefficient (Wildman–Crippen LogP) is 1.71. The van der Waals surface area contributed by atoms with E-state index in [1.54, 1.807) is 11.9 Å². The van der Waals surface area contributed by atoms with E-state index in [9.17, 15) is 0 Å². The second-order valence-corrected chi connectivity index (χ2v) is 3.35. The van der Waals surface area contributed by atoms with Gasteiger partial charge in [-0.15, -0.1) is 0 Å². The molecule has 1 aromatic rings. The first-order valence-electron chi connectivity index (χ1n) is 3.69. The summed E-state index contributed by atoms with van der Waals surface area (Å²) in [5.41, 5.74) is 1.24. The van der Waals surface area contributed by atoms with Gasteiger partial charge in [0.15, 0.2) is 0 Å². The number of para-hydroxylation sites is 1. The summed E-state index contributed by atoms with van der Waals surface area (Å²) >= 11 is 1.70. The minimum atomic E-state index is 1.00. The molecular formula is C8H10N2S. The largest absolute Gasteiger partial charge is 0.383 e. The zero-order valence-electron chi connectivity index (χ0n) is 6.13. The Morgan fingerprint density at radius 2 is 2.09 bits per heavy atom. The number of hydrogen-bond acceptors (Lipinski definition) is 3. The maximum Gasteiger partial charge on any atom is 0.0492 e. The summed E-state index contributed by atoms with van der Waals surface area (Å²) in [4.78, 5) is 1.28. The molecule has 2 N–H and O–H groups in total. The van der Waals surface area contributed by atoms with Crippen LogP contribution in [0.5, 0.6) is 0 Å². The molecule has 0 spiro atoms. The number of fused-ring (bicyclic) bond motifs is 1. The van der Waals surface area contributed by atoms with E-state index < -0.39 is 0 Å². The third-order valence-corrected chi connectivity index (χ3v) is 2.54. The second-order valence-electron chi connectivity index (χ2n) is 2.42. The highest BCUT2D eigenvalue weighted by molar-refractivity contribution is 7.97. The van der Waals surface area contributed by atoms with Gasteiger partial charge >= 0.3 is 0 Å². The van der Waals surface area contributed by atoms with Crippen LogP contribution < -0.4 is 10.0 Å². The van der Waals surface area contributed by atoms with Crippen molar-refractivity contribution in [1.82, 2.24) is 4.72 Å². The quantitative estimate of drug-likeness (QED) is 0.574. The highest BCUT2D eigenvalue weighted by atomic mass is 32.2. The molecule has 0 atom stereocenters. The number of anilines is 1. The van der Waals surface area contributed by atoms with Crippen LogP contribution in [0.25, 0.3) is 0 Å². The van der Waals surface area contributed by atoms with E-state index in [1.165, 1.54) is 10.6 Å². The van der Waals surface area contributed by atoms with Crippen LogP contribution in [0.15, 0.2) is 29.2 Å². The van der Waals surface area contributed by atoms with Gasteiger partial charge in [-0.05, 0) is 24.1 Å². The van der Waals surface area contributed by atoms with Crippen molar-refractivity contribution in [2.24, 2.45) is 0 Å². The molecule has 58 valence electrons. The molecule has 0 saturated heterocycles. The Bertz CT molecular complexity index is 225. The van der Waals surface area contributed by atoms with Crippen molar-refractivity contribution in [2.45, 2.75) is 4.90 Å². The van der Waals surface area contributed by atoms with Gasteiger partial charge in [-0.2, -0.15) is 0 Å². The zero-order chi connectivity index (χ0) is 7.52. The normalized spacial score (nSPS) is 16.4. The van der Waals surface area contributed by atoms with Crippen LogP contribution in [0.4, 0.5) is 5.69 Å². The monoisotopic (exact) mass is 166 g/mol. The van der Waals surface area contributed by atoms with Gasteiger partial charge in [0.05, 0.1) is 0 Å². The Morgan fingerprint density at radius 1 is 1.18 bits per heavy atom. The fourth-order valence-electron chi connectivity index (χ4n) is 1.08. The van der Waals surface area contributed by atoms with Crippen molar-refractivity contribution < 1.29 is 0 Å². The minimum Gasteiger partial charge on any atom is -0.383 e. The van der Waals surface area contributed by atoms with Crippen molar-refractivity contribution in [2.75, 3.05) is 18.4 Å². The lowest BCUT2D eigenvalue weighted by Gasteiger charge is -2.03. The summed E-state index contributed by atoms with van der Waals surface area (Å²) < 4.78 is 3.26. The van der Waals surface area contributed by atoms with Gasteiger partial charge in [0, 0.05) is 23.7 Å². The maximum absolute atomic E-state index is 3.34. The molecule has 0 aromatic heterocycles. The number of hydrogen-bond donors (Lipinski definition) is 2. The van der Waals surface area contributed by atoms with Gasteiger partial charge in [-0.1, -0.05) is 12.1 Å². The molecule has 2 rings (SSSR count). The lowest BCUT2D eigenvalue weighted by molar-refractivity contribution is 0.967. The summed E-state index contributed by atoms with van der Waals surface area (Å²) in [6.07, 6.45) is 0. The van der Waals surface area contributed by atoms with Crippen molar-refractivity contribution in [3.05, 3.63) is 24.3 Å². The van der Waals surface area contributed by atoms with E-state index in [4.69, 9.17) is 0 Å². The van der Waals surface area contributed by atoms with E-state index in [0.29, 0.717) is 0 Å². The summed E-state index contributed by atoms with van der Waals surface area (Å²) in [5.74, 6) is 0. The first-order valence-corrected chi connectivity index (χ1v) is 4.51. The van der Waals surface area contributed by atoms with Crippen LogP contribution in [0.2, 0.25) is 0 Å². The maximum atomic E-state index is 3.34. The zero-order valence-corrected chi connectivity index (χ0v) is 6.95. The average Bonchev–Trinajstić information content (AvgIpc) is 2.28. The Hall–Kier alpha value is -0.670. The van der Waals surface area contributed by atoms with Gasteiger partial charge in [0.25, 0.3) is 0 Å². The molecular weight excluding hydrogens is 156 g/mol. The summed E-state index contributed by atoms with van der Waals surface area (Å²) in [6.45, 7) is 2.02. The lowest BCUT2D eigenvalue weighted by Crippen LogP contribution is -2.12. The Morgan fingerprint density at radius 3 is 3.09 bits per heavy atom. The number of benzene rings is 1. The Labute approximate surface area is 70.5 Å². The third kappa shape index (κ3) is 1.49. The molecule has 0 bridgehead atoms. The van der Waals surface area contributed by atoms with Crippen LogP contribution in [0.3, 0.4) is 0 Å². The Kier molecular flexibility index (Phi) is 2.01. The van der Waals surface area contributed by atoms with Crippen molar-refractivity contribution in [3.63, 3.8) is 0 Å². The summed E-state index contributed by atoms with van der Waals surface area (Å²) in [5, 5.41) is 3.34. The van der Waals surface area contributed by atoms with Crippen LogP contribution >= 0.6 is 11.9 Å². The molecule has 1 aliphatic heterocycles. The molecule has 1 aliphatic rings. The van der Waals surface area contributed by atoms with Gasteiger partial charge in [0.2, 0.25) is 0 Å². The molecule has 3 heteroatoms. The minimum absolute atomic E-state index is 1.00. The van der Waals surface area contributed by atoms with Gasteiger partial charge in [0.1, 0.15) is 0 Å². The van der Waals surface area contributed by atoms with E-state index in [0.717, 1.165) is 13.1 Å². The third-order valence-electron chi connectivity index (χ3n) is 1.61. The van der Waals surface area contributed by atoms with E-state index in [2.05, 4.69) is 34.3 Å². The molecule has 1 heterocycles. The molecule has 0 radical (unpaired) electrons. The number of nitrogens with one attached hydrogen (secondary N) is 2. The fraction of sp³-hybridized carbons (Fsp3) is 0.250. The van der Waals surface area contributed by atoms with E-state index >= 15 is 0 Å². The molecule has 0 saturated carbocycles. The topological polar surface area (TPSA) is 24.1 Å². The van der Waals surface area contributed by atoms with Crippen molar-refractivity contribution in [1.29, 1.82) is 0 Å². The van der Waals surface area contributed by atoms with Gasteiger partial charge in [-0.25, -0.2) is 0 Å². The lowest BCUT2D eigenvalue weighted by atomic mass is 10.3. The first kappa shape index (κ1) is 7.00. The SMILES string of the molecule is c1ccc2c(c1)NCCNS2. The van der Waals surface area contributed by atoms with Crippen LogP contribution in [0.1, 0.15) is 0 Å². The van der Waals surface area contributed by atoms with Gasteiger partial charge in [-0.3, -0.25) is 4.72 Å². The average molecular weight is 166 g/mol. The molecule has 2 nitrogen and oxygen atoms in total. The molecule has 0 fully saturated rings. The van der Waals surface area contributed by atoms with Crippen LogP contribution in [-0.2, 0) is 0 Å². The molecule has 1 aromatic carbocycles. The fourth-order valence-corrected chi connectivity index (χ4v) is 1.84. The van der Waals surface area contributed by atoms with Crippen LogP contribution in [0, 0.1) is 0 Å². The molecule has 0 unspecified atom stereocenters. The molecule has 0 amide bonds. The molecule has 11 heavy (non-hydrogen) atoms. The van der Waals surface area contributed by atoms with Crippen LogP contribution in [-0.4, -0.2) is 13.1 Å². The number of rotatable bonds is 0. The summed E-state index contributed by atoms with van der Waals surface area (Å²) in [6, 6.07) is 8.33. The van der Waals surface area contributed by atoms with E-state index in [1.807, 2.05) is 0 Å². The Balaban J connectivity index is 2.33. The smallest absolute Gasteiger partial charge is 0.0492 e. The second kappa shape index (κ2) is 3.15.